The highest BCUT2D eigenvalue weighted by Gasteiger charge is 2.11. The molecule has 84 valence electrons. The Kier molecular flexibility index (Phi) is 4.40. The lowest BCUT2D eigenvalue weighted by Gasteiger charge is -2.12. The third-order valence-electron chi connectivity index (χ3n) is 2.67. The molecule has 0 aromatic carbocycles. The molecular formula is C12H19NO2. The lowest BCUT2D eigenvalue weighted by molar-refractivity contribution is 0.0917. The second-order valence-electron chi connectivity index (χ2n) is 3.80. The molecule has 1 heterocycles. The molecule has 0 fully saturated rings. The number of amides is 1. The van der Waals surface area contributed by atoms with Gasteiger partial charge in [-0.3, -0.25) is 4.79 Å². The molecular weight excluding hydrogens is 190 g/mol. The van der Waals surface area contributed by atoms with Gasteiger partial charge in [0.15, 0.2) is 5.76 Å². The quantitative estimate of drug-likeness (QED) is 0.810. The summed E-state index contributed by atoms with van der Waals surface area (Å²) >= 11 is 0. The number of carbonyl (C=O) groups is 1. The number of hydrogen-bond donors (Lipinski definition) is 1. The summed E-state index contributed by atoms with van der Waals surface area (Å²) in [5.74, 6) is 1.61. The second-order valence-corrected chi connectivity index (χ2v) is 3.80. The summed E-state index contributed by atoms with van der Waals surface area (Å²) in [6.45, 7) is 6.83. The van der Waals surface area contributed by atoms with E-state index in [1.54, 1.807) is 12.1 Å². The van der Waals surface area contributed by atoms with Gasteiger partial charge in [-0.1, -0.05) is 26.7 Å². The number of furan rings is 1. The van der Waals surface area contributed by atoms with Crippen molar-refractivity contribution in [2.75, 3.05) is 6.54 Å². The third kappa shape index (κ3) is 3.42. The van der Waals surface area contributed by atoms with E-state index < -0.39 is 0 Å². The SMILES string of the molecule is CCC(CC)CNC(=O)c1ccc(C)o1. The van der Waals surface area contributed by atoms with Crippen LogP contribution < -0.4 is 5.32 Å². The van der Waals surface area contributed by atoms with Crippen molar-refractivity contribution >= 4 is 5.91 Å². The van der Waals surface area contributed by atoms with Gasteiger partial charge in [0.05, 0.1) is 0 Å². The molecule has 0 aliphatic rings. The van der Waals surface area contributed by atoms with Gasteiger partial charge in [0.1, 0.15) is 5.76 Å². The van der Waals surface area contributed by atoms with Crippen LogP contribution in [0, 0.1) is 12.8 Å². The third-order valence-corrected chi connectivity index (χ3v) is 2.67. The molecule has 0 aliphatic carbocycles. The molecule has 1 amide bonds. The van der Waals surface area contributed by atoms with Crippen molar-refractivity contribution < 1.29 is 9.21 Å². The summed E-state index contributed by atoms with van der Waals surface area (Å²) < 4.78 is 5.23. The zero-order valence-electron chi connectivity index (χ0n) is 9.67. The lowest BCUT2D eigenvalue weighted by atomic mass is 10.0. The summed E-state index contributed by atoms with van der Waals surface area (Å²) in [5.41, 5.74) is 0. The summed E-state index contributed by atoms with van der Waals surface area (Å²) in [4.78, 5) is 11.6. The van der Waals surface area contributed by atoms with Crippen LogP contribution in [0.3, 0.4) is 0 Å². The Morgan fingerprint density at radius 1 is 1.40 bits per heavy atom. The Hall–Kier alpha value is -1.25. The molecule has 1 N–H and O–H groups in total. The topological polar surface area (TPSA) is 42.2 Å². The Bertz CT molecular complexity index is 313. The lowest BCUT2D eigenvalue weighted by Crippen LogP contribution is -2.28. The molecule has 0 spiro atoms. The molecule has 1 rings (SSSR count). The van der Waals surface area contributed by atoms with Crippen LogP contribution in [0.1, 0.15) is 43.0 Å². The fourth-order valence-corrected chi connectivity index (χ4v) is 1.46. The largest absolute Gasteiger partial charge is 0.456 e. The highest BCUT2D eigenvalue weighted by molar-refractivity contribution is 5.91. The van der Waals surface area contributed by atoms with Crippen molar-refractivity contribution in [2.45, 2.75) is 33.6 Å². The van der Waals surface area contributed by atoms with Gasteiger partial charge in [-0.05, 0) is 25.0 Å². The molecule has 0 saturated carbocycles. The van der Waals surface area contributed by atoms with Crippen LogP contribution in [0.4, 0.5) is 0 Å². The van der Waals surface area contributed by atoms with Gasteiger partial charge in [-0.25, -0.2) is 0 Å². The minimum atomic E-state index is -0.116. The molecule has 3 heteroatoms. The standard InChI is InChI=1S/C12H19NO2/c1-4-10(5-2)8-13-12(14)11-7-6-9(3)15-11/h6-7,10H,4-5,8H2,1-3H3,(H,13,14). The maximum Gasteiger partial charge on any atom is 0.287 e. The van der Waals surface area contributed by atoms with Gasteiger partial charge >= 0.3 is 0 Å². The van der Waals surface area contributed by atoms with E-state index in [0.717, 1.165) is 25.1 Å². The molecule has 0 atom stereocenters. The van der Waals surface area contributed by atoms with E-state index in [-0.39, 0.29) is 5.91 Å². The maximum atomic E-state index is 11.6. The zero-order chi connectivity index (χ0) is 11.3. The minimum Gasteiger partial charge on any atom is -0.456 e. The van der Waals surface area contributed by atoms with Crippen LogP contribution >= 0.6 is 0 Å². The Balaban J connectivity index is 2.42. The number of hydrogen-bond acceptors (Lipinski definition) is 2. The predicted octanol–water partition coefficient (Wildman–Crippen LogP) is 2.75. The van der Waals surface area contributed by atoms with Crippen molar-refractivity contribution in [1.82, 2.24) is 5.32 Å². The average molecular weight is 209 g/mol. The van der Waals surface area contributed by atoms with Crippen molar-refractivity contribution in [3.63, 3.8) is 0 Å². The van der Waals surface area contributed by atoms with E-state index in [2.05, 4.69) is 19.2 Å². The number of aryl methyl sites for hydroxylation is 1. The van der Waals surface area contributed by atoms with Crippen molar-refractivity contribution in [1.29, 1.82) is 0 Å². The van der Waals surface area contributed by atoms with Crippen LogP contribution in [0.25, 0.3) is 0 Å². The van der Waals surface area contributed by atoms with Crippen LogP contribution in [0.2, 0.25) is 0 Å². The van der Waals surface area contributed by atoms with E-state index in [1.807, 2.05) is 6.92 Å². The number of carbonyl (C=O) groups excluding carboxylic acids is 1. The summed E-state index contributed by atoms with van der Waals surface area (Å²) in [6, 6.07) is 3.50. The fraction of sp³-hybridized carbons (Fsp3) is 0.583. The predicted molar refractivity (Wildman–Crippen MR) is 59.9 cm³/mol. The van der Waals surface area contributed by atoms with Crippen LogP contribution in [0.15, 0.2) is 16.5 Å². The Morgan fingerprint density at radius 2 is 2.07 bits per heavy atom. The molecule has 0 unspecified atom stereocenters. The highest BCUT2D eigenvalue weighted by atomic mass is 16.3. The molecule has 1 aromatic heterocycles. The van der Waals surface area contributed by atoms with Gasteiger partial charge in [0.2, 0.25) is 0 Å². The van der Waals surface area contributed by atoms with Gasteiger partial charge in [-0.15, -0.1) is 0 Å². The first kappa shape index (κ1) is 11.8. The van der Waals surface area contributed by atoms with Gasteiger partial charge in [0, 0.05) is 6.54 Å². The fourth-order valence-electron chi connectivity index (χ4n) is 1.46. The van der Waals surface area contributed by atoms with E-state index in [1.165, 1.54) is 0 Å². The Labute approximate surface area is 90.9 Å². The van der Waals surface area contributed by atoms with Crippen molar-refractivity contribution in [3.05, 3.63) is 23.7 Å². The second kappa shape index (κ2) is 5.59. The minimum absolute atomic E-state index is 0.116. The molecule has 15 heavy (non-hydrogen) atoms. The van der Waals surface area contributed by atoms with E-state index >= 15 is 0 Å². The first-order valence-corrected chi connectivity index (χ1v) is 5.52. The molecule has 1 aromatic rings. The maximum absolute atomic E-state index is 11.6. The number of rotatable bonds is 5. The summed E-state index contributed by atoms with van der Waals surface area (Å²) in [7, 11) is 0. The van der Waals surface area contributed by atoms with Crippen LogP contribution in [-0.4, -0.2) is 12.5 Å². The summed E-state index contributed by atoms with van der Waals surface area (Å²) in [6.07, 6.45) is 2.18. The van der Waals surface area contributed by atoms with Crippen molar-refractivity contribution in [2.24, 2.45) is 5.92 Å². The molecule has 0 aliphatic heterocycles. The normalized spacial score (nSPS) is 10.7. The molecule has 3 nitrogen and oxygen atoms in total. The molecule has 0 bridgehead atoms. The highest BCUT2D eigenvalue weighted by Crippen LogP contribution is 2.08. The Morgan fingerprint density at radius 3 is 2.53 bits per heavy atom. The average Bonchev–Trinajstić information content (AvgIpc) is 2.66. The van der Waals surface area contributed by atoms with E-state index in [0.29, 0.717) is 11.7 Å². The monoisotopic (exact) mass is 209 g/mol. The van der Waals surface area contributed by atoms with Gasteiger partial charge < -0.3 is 9.73 Å². The van der Waals surface area contributed by atoms with E-state index in [4.69, 9.17) is 4.42 Å². The molecule has 0 radical (unpaired) electrons. The van der Waals surface area contributed by atoms with E-state index in [9.17, 15) is 4.79 Å². The van der Waals surface area contributed by atoms with Gasteiger partial charge in [-0.2, -0.15) is 0 Å². The van der Waals surface area contributed by atoms with Crippen LogP contribution in [-0.2, 0) is 0 Å². The first-order chi connectivity index (χ1) is 7.17. The molecule has 0 saturated heterocycles. The van der Waals surface area contributed by atoms with Crippen LogP contribution in [0.5, 0.6) is 0 Å². The first-order valence-electron chi connectivity index (χ1n) is 5.52. The van der Waals surface area contributed by atoms with Gasteiger partial charge in [0.25, 0.3) is 5.91 Å². The summed E-state index contributed by atoms with van der Waals surface area (Å²) in [5, 5.41) is 2.88. The number of nitrogens with one attached hydrogen (secondary N) is 1. The zero-order valence-corrected chi connectivity index (χ0v) is 9.67. The smallest absolute Gasteiger partial charge is 0.287 e. The van der Waals surface area contributed by atoms with Crippen molar-refractivity contribution in [3.8, 4) is 0 Å².